The molecule has 0 unspecified atom stereocenters. The lowest BCUT2D eigenvalue weighted by atomic mass is 10.1. The zero-order chi connectivity index (χ0) is 21.3. The van der Waals surface area contributed by atoms with E-state index in [0.717, 1.165) is 36.6 Å². The van der Waals surface area contributed by atoms with Gasteiger partial charge < -0.3 is 9.64 Å². The summed E-state index contributed by atoms with van der Waals surface area (Å²) in [5.41, 5.74) is 1.56. The van der Waals surface area contributed by atoms with Gasteiger partial charge in [-0.3, -0.25) is 4.99 Å². The number of ether oxygens (including phenoxy) is 1. The van der Waals surface area contributed by atoms with Crippen molar-refractivity contribution in [1.82, 2.24) is 4.90 Å². The molecule has 9 heteroatoms. The first kappa shape index (κ1) is 20.8. The molecule has 0 radical (unpaired) electrons. The van der Waals surface area contributed by atoms with Crippen LogP contribution in [0.5, 0.6) is 11.5 Å². The van der Waals surface area contributed by atoms with Gasteiger partial charge in [-0.15, -0.1) is 0 Å². The van der Waals surface area contributed by atoms with E-state index < -0.39 is 21.4 Å². The Kier molecular flexibility index (Phi) is 5.79. The molecule has 0 fully saturated rings. The molecule has 0 spiro atoms. The lowest BCUT2D eigenvalue weighted by Crippen LogP contribution is -2.36. The van der Waals surface area contributed by atoms with E-state index in [2.05, 4.69) is 9.98 Å². The van der Waals surface area contributed by atoms with Crippen molar-refractivity contribution in [2.75, 3.05) is 18.8 Å². The molecule has 0 amide bonds. The Hall–Kier alpha value is -2.45. The molecule has 2 aromatic rings. The molecule has 0 saturated carbocycles. The summed E-state index contributed by atoms with van der Waals surface area (Å²) in [7, 11) is -3.46. The van der Waals surface area contributed by atoms with Gasteiger partial charge in [0.1, 0.15) is 23.2 Å². The lowest BCUT2D eigenvalue weighted by Gasteiger charge is -2.29. The second kappa shape index (κ2) is 8.35. The number of amidine groups is 1. The maximum absolute atomic E-state index is 14.3. The smallest absolute Gasteiger partial charge is 0.154 e. The number of hydrogen-bond donors (Lipinski definition) is 0. The maximum Gasteiger partial charge on any atom is 0.154 e. The fourth-order valence-electron chi connectivity index (χ4n) is 3.49. The van der Waals surface area contributed by atoms with E-state index in [0.29, 0.717) is 12.2 Å². The molecular weight excluding hydrogens is 429 g/mol. The largest absolute Gasteiger partial charge is 0.456 e. The third-order valence-corrected chi connectivity index (χ3v) is 7.07. The van der Waals surface area contributed by atoms with Crippen LogP contribution in [0.25, 0.3) is 0 Å². The molecule has 0 aliphatic carbocycles. The molecule has 4 rings (SSSR count). The third kappa shape index (κ3) is 4.20. The fourth-order valence-corrected chi connectivity index (χ4v) is 5.32. The summed E-state index contributed by atoms with van der Waals surface area (Å²) in [6.07, 6.45) is 3.20. The molecule has 30 heavy (non-hydrogen) atoms. The normalized spacial score (nSPS) is 15.4. The average molecular weight is 450 g/mol. The molecule has 0 saturated heterocycles. The number of fused-ring (bicyclic) bond motifs is 3. The molecule has 2 aliphatic rings. The highest BCUT2D eigenvalue weighted by Crippen LogP contribution is 2.37. The van der Waals surface area contributed by atoms with Crippen LogP contribution in [0.15, 0.2) is 40.3 Å². The van der Waals surface area contributed by atoms with Crippen LogP contribution < -0.4 is 4.74 Å². The number of hydrogen-bond acceptors (Lipinski definition) is 6. The van der Waals surface area contributed by atoms with Crippen molar-refractivity contribution in [3.05, 3.63) is 52.3 Å². The van der Waals surface area contributed by atoms with Crippen LogP contribution in [-0.2, 0) is 15.6 Å². The molecule has 0 atom stereocenters. The van der Waals surface area contributed by atoms with Crippen LogP contribution in [0.3, 0.4) is 0 Å². The molecule has 0 aromatic heterocycles. The fraction of sp³-hybridized carbons (Fsp3) is 0.333. The minimum Gasteiger partial charge on any atom is -0.456 e. The SMILES string of the molecule is CCCS(=O)(=O)Cc1c(F)ccc(Oc2ccc3c(c2)C2=NCCCN2C=N3)c1Cl. The standard InChI is InChI=1S/C21H21ClFN3O3S/c1-2-10-30(27,28)12-16-17(23)5-7-19(20(16)22)29-14-4-6-18-15(11-14)21-24-8-3-9-26(21)13-25-18/h4-7,11,13H,2-3,8-10,12H2,1H3. The van der Waals surface area contributed by atoms with Crippen molar-refractivity contribution in [3.8, 4) is 11.5 Å². The van der Waals surface area contributed by atoms with Gasteiger partial charge in [0.05, 0.1) is 28.6 Å². The number of halogens is 2. The van der Waals surface area contributed by atoms with E-state index in [1.165, 1.54) is 12.1 Å². The van der Waals surface area contributed by atoms with Gasteiger partial charge in [-0.2, -0.15) is 0 Å². The van der Waals surface area contributed by atoms with Crippen LogP contribution in [0.1, 0.15) is 30.9 Å². The maximum atomic E-state index is 14.3. The van der Waals surface area contributed by atoms with E-state index in [9.17, 15) is 12.8 Å². The number of benzene rings is 2. The van der Waals surface area contributed by atoms with E-state index in [-0.39, 0.29) is 22.1 Å². The predicted octanol–water partition coefficient (Wildman–Crippen LogP) is 4.72. The topological polar surface area (TPSA) is 71.3 Å². The number of nitrogens with zero attached hydrogens (tertiary/aromatic N) is 3. The van der Waals surface area contributed by atoms with E-state index in [1.807, 2.05) is 17.0 Å². The second-order valence-corrected chi connectivity index (χ2v) is 9.77. The molecule has 6 nitrogen and oxygen atoms in total. The van der Waals surface area contributed by atoms with E-state index in [4.69, 9.17) is 16.3 Å². The van der Waals surface area contributed by atoms with Crippen LogP contribution in [-0.4, -0.2) is 44.3 Å². The Morgan fingerprint density at radius 1 is 1.27 bits per heavy atom. The first-order valence-electron chi connectivity index (χ1n) is 9.73. The minimum atomic E-state index is -3.46. The summed E-state index contributed by atoms with van der Waals surface area (Å²) in [6.45, 7) is 3.36. The molecule has 0 N–H and O–H groups in total. The first-order valence-corrected chi connectivity index (χ1v) is 11.9. The molecule has 2 aliphatic heterocycles. The zero-order valence-corrected chi connectivity index (χ0v) is 18.0. The van der Waals surface area contributed by atoms with Gasteiger partial charge >= 0.3 is 0 Å². The summed E-state index contributed by atoms with van der Waals surface area (Å²) in [5, 5.41) is -0.0398. The van der Waals surface area contributed by atoms with Gasteiger partial charge in [0.15, 0.2) is 9.84 Å². The van der Waals surface area contributed by atoms with Crippen molar-refractivity contribution in [3.63, 3.8) is 0 Å². The van der Waals surface area contributed by atoms with Crippen LogP contribution in [0.4, 0.5) is 10.1 Å². The van der Waals surface area contributed by atoms with Crippen molar-refractivity contribution in [2.45, 2.75) is 25.5 Å². The monoisotopic (exact) mass is 449 g/mol. The highest BCUT2D eigenvalue weighted by molar-refractivity contribution is 7.90. The highest BCUT2D eigenvalue weighted by Gasteiger charge is 2.24. The molecule has 158 valence electrons. The molecule has 0 bridgehead atoms. The molecule has 2 heterocycles. The van der Waals surface area contributed by atoms with E-state index >= 15 is 0 Å². The summed E-state index contributed by atoms with van der Waals surface area (Å²) in [5.74, 6) is 0.356. The minimum absolute atomic E-state index is 0.0300. The lowest BCUT2D eigenvalue weighted by molar-refractivity contribution is 0.479. The van der Waals surface area contributed by atoms with Crippen LogP contribution in [0, 0.1) is 5.82 Å². The summed E-state index contributed by atoms with van der Waals surface area (Å²) in [6, 6.07) is 7.95. The Morgan fingerprint density at radius 2 is 2.10 bits per heavy atom. The van der Waals surface area contributed by atoms with Crippen LogP contribution >= 0.6 is 11.6 Å². The van der Waals surface area contributed by atoms with Gasteiger partial charge in [0, 0.05) is 24.2 Å². The zero-order valence-electron chi connectivity index (χ0n) is 16.4. The average Bonchev–Trinajstić information content (AvgIpc) is 2.73. The molecule has 2 aromatic carbocycles. The quantitative estimate of drug-likeness (QED) is 0.639. The Balaban J connectivity index is 1.65. The van der Waals surface area contributed by atoms with Crippen LogP contribution in [0.2, 0.25) is 5.02 Å². The second-order valence-electron chi connectivity index (χ2n) is 7.21. The molecular formula is C21H21ClFN3O3S. The summed E-state index contributed by atoms with van der Waals surface area (Å²) < 4.78 is 44.6. The Bertz CT molecular complexity index is 1150. The number of rotatable bonds is 6. The van der Waals surface area contributed by atoms with Gasteiger partial charge in [-0.1, -0.05) is 18.5 Å². The summed E-state index contributed by atoms with van der Waals surface area (Å²) in [4.78, 5) is 11.0. The number of aliphatic imine (C=N–C) groups is 2. The Morgan fingerprint density at radius 3 is 2.90 bits per heavy atom. The van der Waals surface area contributed by atoms with Gasteiger partial charge in [0.25, 0.3) is 0 Å². The van der Waals surface area contributed by atoms with Crippen molar-refractivity contribution in [1.29, 1.82) is 0 Å². The Labute approximate surface area is 180 Å². The predicted molar refractivity (Wildman–Crippen MR) is 117 cm³/mol. The van der Waals surface area contributed by atoms with E-state index in [1.54, 1.807) is 19.3 Å². The van der Waals surface area contributed by atoms with Crippen molar-refractivity contribution in [2.24, 2.45) is 9.98 Å². The first-order chi connectivity index (χ1) is 14.4. The summed E-state index contributed by atoms with van der Waals surface area (Å²) >= 11 is 6.34. The van der Waals surface area contributed by atoms with Crippen molar-refractivity contribution < 1.29 is 17.5 Å². The highest BCUT2D eigenvalue weighted by atomic mass is 35.5. The van der Waals surface area contributed by atoms with Gasteiger partial charge in [-0.05, 0) is 43.2 Å². The number of sulfone groups is 1. The van der Waals surface area contributed by atoms with Gasteiger partial charge in [-0.25, -0.2) is 17.8 Å². The van der Waals surface area contributed by atoms with Gasteiger partial charge in [0.2, 0.25) is 0 Å². The third-order valence-electron chi connectivity index (χ3n) is 4.89. The van der Waals surface area contributed by atoms with Crippen molar-refractivity contribution >= 4 is 39.3 Å².